The Morgan fingerprint density at radius 3 is 2.46 bits per heavy atom. The fourth-order valence-corrected chi connectivity index (χ4v) is 4.63. The van der Waals surface area contributed by atoms with Crippen LogP contribution in [0.5, 0.6) is 0 Å². The first-order valence-electron chi connectivity index (χ1n) is 11.2. The number of pyridine rings is 1. The van der Waals surface area contributed by atoms with Crippen molar-refractivity contribution in [2.45, 2.75) is 13.3 Å². The predicted octanol–water partition coefficient (Wildman–Crippen LogP) is 4.22. The van der Waals surface area contributed by atoms with Gasteiger partial charge in [0.15, 0.2) is 11.7 Å². The number of halogens is 1. The molecule has 0 saturated heterocycles. The molecule has 0 aliphatic rings. The van der Waals surface area contributed by atoms with Crippen LogP contribution in [0.3, 0.4) is 0 Å². The van der Waals surface area contributed by atoms with Crippen LogP contribution in [0.15, 0.2) is 58.7 Å². The molecule has 2 aromatic carbocycles. The second kappa shape index (κ2) is 11.4. The van der Waals surface area contributed by atoms with Gasteiger partial charge >= 0.3 is 11.9 Å². The molecule has 2 heterocycles. The van der Waals surface area contributed by atoms with Crippen molar-refractivity contribution in [1.82, 2.24) is 9.55 Å². The number of ether oxygens (including phenoxy) is 2. The average molecular weight is 540 g/mol. The summed E-state index contributed by atoms with van der Waals surface area (Å²) >= 11 is 7.18. The first kappa shape index (κ1) is 26.1. The number of aromatic nitrogens is 2. The molecular formula is C26H22ClN3O6S. The van der Waals surface area contributed by atoms with Gasteiger partial charge in [0, 0.05) is 28.4 Å². The summed E-state index contributed by atoms with van der Waals surface area (Å²) in [5.74, 6) is -1.88. The number of hydrogen-bond acceptors (Lipinski definition) is 8. The summed E-state index contributed by atoms with van der Waals surface area (Å²) in [6.45, 7) is 1.37. The van der Waals surface area contributed by atoms with Gasteiger partial charge in [-0.25, -0.2) is 9.78 Å². The first-order valence-corrected chi connectivity index (χ1v) is 12.5. The Bertz CT molecular complexity index is 1540. The zero-order valence-electron chi connectivity index (χ0n) is 19.9. The van der Waals surface area contributed by atoms with E-state index in [0.717, 1.165) is 11.3 Å². The molecule has 0 atom stereocenters. The van der Waals surface area contributed by atoms with Gasteiger partial charge in [-0.15, -0.1) is 11.3 Å². The van der Waals surface area contributed by atoms with E-state index in [2.05, 4.69) is 10.3 Å². The molecule has 0 aliphatic heterocycles. The van der Waals surface area contributed by atoms with Crippen LogP contribution in [0, 0.1) is 0 Å². The van der Waals surface area contributed by atoms with Gasteiger partial charge in [0.05, 0.1) is 18.7 Å². The highest BCUT2D eigenvalue weighted by molar-refractivity contribution is 7.13. The fourth-order valence-electron chi connectivity index (χ4n) is 3.77. The Balaban J connectivity index is 1.56. The minimum atomic E-state index is -0.840. The molecule has 190 valence electrons. The molecule has 11 heteroatoms. The lowest BCUT2D eigenvalue weighted by atomic mass is 9.97. The van der Waals surface area contributed by atoms with Crippen molar-refractivity contribution in [3.63, 3.8) is 0 Å². The van der Waals surface area contributed by atoms with E-state index in [0.29, 0.717) is 32.6 Å². The lowest BCUT2D eigenvalue weighted by Gasteiger charge is -2.16. The van der Waals surface area contributed by atoms with Crippen LogP contribution in [-0.2, 0) is 32.5 Å². The summed E-state index contributed by atoms with van der Waals surface area (Å²) < 4.78 is 11.4. The molecule has 0 aliphatic carbocycles. The van der Waals surface area contributed by atoms with Gasteiger partial charge in [0.1, 0.15) is 5.69 Å². The van der Waals surface area contributed by atoms with Gasteiger partial charge in [-0.3, -0.25) is 19.7 Å². The summed E-state index contributed by atoms with van der Waals surface area (Å²) in [5, 5.41) is 5.94. The standard InChI is InChI=1S/C26H22ClN3O6S/c1-3-35-21(32)12-17-14-37-26(28-17)29-20(31)13-36-25(34)23-22(15-8-10-16(27)11-9-15)18-6-4-5-7-19(18)24(33)30(23)2/h4-11,14H,3,12-13H2,1-2H3,(H,28,29,31). The Kier molecular flexibility index (Phi) is 8.00. The number of rotatable bonds is 8. The van der Waals surface area contributed by atoms with Crippen molar-refractivity contribution in [3.8, 4) is 11.1 Å². The zero-order valence-corrected chi connectivity index (χ0v) is 21.5. The normalized spacial score (nSPS) is 10.8. The van der Waals surface area contributed by atoms with Crippen LogP contribution in [0.4, 0.5) is 5.13 Å². The number of benzene rings is 2. The van der Waals surface area contributed by atoms with E-state index in [4.69, 9.17) is 21.1 Å². The minimum Gasteiger partial charge on any atom is -0.466 e. The molecular weight excluding hydrogens is 518 g/mol. The maximum atomic E-state index is 13.2. The van der Waals surface area contributed by atoms with Crippen LogP contribution in [0.1, 0.15) is 23.1 Å². The molecule has 1 N–H and O–H groups in total. The molecule has 4 rings (SSSR count). The van der Waals surface area contributed by atoms with E-state index in [1.807, 2.05) is 0 Å². The van der Waals surface area contributed by atoms with E-state index in [-0.39, 0.29) is 29.4 Å². The summed E-state index contributed by atoms with van der Waals surface area (Å²) in [4.78, 5) is 54.4. The van der Waals surface area contributed by atoms with Crippen LogP contribution >= 0.6 is 22.9 Å². The highest BCUT2D eigenvalue weighted by Crippen LogP contribution is 2.31. The van der Waals surface area contributed by atoms with E-state index in [1.54, 1.807) is 60.8 Å². The van der Waals surface area contributed by atoms with Gasteiger partial charge in [0.2, 0.25) is 0 Å². The van der Waals surface area contributed by atoms with Gasteiger partial charge in [-0.05, 0) is 36.1 Å². The molecule has 0 spiro atoms. The summed E-state index contributed by atoms with van der Waals surface area (Å²) in [6, 6.07) is 13.8. The zero-order chi connectivity index (χ0) is 26.5. The van der Waals surface area contributed by atoms with Gasteiger partial charge in [-0.2, -0.15) is 0 Å². The SMILES string of the molecule is CCOC(=O)Cc1csc(NC(=O)COC(=O)c2c(-c3ccc(Cl)cc3)c3ccccc3c(=O)n2C)n1. The van der Waals surface area contributed by atoms with E-state index >= 15 is 0 Å². The second-order valence-corrected chi connectivity index (χ2v) is 9.18. The maximum Gasteiger partial charge on any atom is 0.356 e. The van der Waals surface area contributed by atoms with E-state index < -0.39 is 24.5 Å². The molecule has 37 heavy (non-hydrogen) atoms. The highest BCUT2D eigenvalue weighted by Gasteiger charge is 2.24. The van der Waals surface area contributed by atoms with E-state index in [9.17, 15) is 19.2 Å². The number of esters is 2. The molecule has 1 amide bonds. The predicted molar refractivity (Wildman–Crippen MR) is 141 cm³/mol. The molecule has 0 radical (unpaired) electrons. The number of thiazole rings is 1. The smallest absolute Gasteiger partial charge is 0.356 e. The number of carbonyl (C=O) groups is 3. The Hall–Kier alpha value is -4.02. The Labute approximate surface area is 220 Å². The average Bonchev–Trinajstić information content (AvgIpc) is 3.31. The van der Waals surface area contributed by atoms with Crippen molar-refractivity contribution in [1.29, 1.82) is 0 Å². The number of amides is 1. The maximum absolute atomic E-state index is 13.2. The number of fused-ring (bicyclic) bond motifs is 1. The molecule has 2 aromatic heterocycles. The van der Waals surface area contributed by atoms with Crippen molar-refractivity contribution in [2.75, 3.05) is 18.5 Å². The summed E-state index contributed by atoms with van der Waals surface area (Å²) in [6.07, 6.45) is -0.0152. The molecule has 4 aromatic rings. The number of nitrogens with one attached hydrogen (secondary N) is 1. The monoisotopic (exact) mass is 539 g/mol. The fraction of sp³-hybridized carbons (Fsp3) is 0.192. The van der Waals surface area contributed by atoms with Crippen LogP contribution in [-0.4, -0.2) is 40.6 Å². The van der Waals surface area contributed by atoms with Gasteiger partial charge in [0.25, 0.3) is 11.5 Å². The second-order valence-electron chi connectivity index (χ2n) is 7.89. The quantitative estimate of drug-likeness (QED) is 0.333. The minimum absolute atomic E-state index is 0.00444. The number of hydrogen-bond donors (Lipinski definition) is 1. The van der Waals surface area contributed by atoms with E-state index in [1.165, 1.54) is 11.6 Å². The Morgan fingerprint density at radius 2 is 1.76 bits per heavy atom. The first-order chi connectivity index (χ1) is 17.8. The number of nitrogens with zero attached hydrogens (tertiary/aromatic N) is 2. The van der Waals surface area contributed by atoms with Crippen molar-refractivity contribution in [3.05, 3.63) is 80.7 Å². The third kappa shape index (κ3) is 5.87. The van der Waals surface area contributed by atoms with Gasteiger partial charge in [-0.1, -0.05) is 41.9 Å². The summed E-state index contributed by atoms with van der Waals surface area (Å²) in [7, 11) is 1.48. The van der Waals surface area contributed by atoms with Crippen LogP contribution in [0.25, 0.3) is 21.9 Å². The van der Waals surface area contributed by atoms with Crippen molar-refractivity contribution >= 4 is 56.7 Å². The van der Waals surface area contributed by atoms with Gasteiger partial charge < -0.3 is 14.0 Å². The van der Waals surface area contributed by atoms with Crippen LogP contribution < -0.4 is 10.9 Å². The lowest BCUT2D eigenvalue weighted by molar-refractivity contribution is -0.142. The number of carbonyl (C=O) groups excluding carboxylic acids is 3. The topological polar surface area (TPSA) is 117 Å². The van der Waals surface area contributed by atoms with Crippen molar-refractivity contribution < 1.29 is 23.9 Å². The molecule has 0 unspecified atom stereocenters. The lowest BCUT2D eigenvalue weighted by Crippen LogP contribution is -2.28. The van der Waals surface area contributed by atoms with Crippen molar-refractivity contribution in [2.24, 2.45) is 7.05 Å². The third-order valence-corrected chi connectivity index (χ3v) is 6.45. The highest BCUT2D eigenvalue weighted by atomic mass is 35.5. The number of anilines is 1. The largest absolute Gasteiger partial charge is 0.466 e. The third-order valence-electron chi connectivity index (χ3n) is 5.39. The molecule has 0 fully saturated rings. The van der Waals surface area contributed by atoms with Crippen LogP contribution in [0.2, 0.25) is 5.02 Å². The molecule has 0 saturated carbocycles. The molecule has 0 bridgehead atoms. The molecule has 9 nitrogen and oxygen atoms in total. The Morgan fingerprint density at radius 1 is 1.05 bits per heavy atom. The summed E-state index contributed by atoms with van der Waals surface area (Å²) in [5.41, 5.74) is 1.23.